The molecule has 0 bridgehead atoms. The molecule has 4 N–H and O–H groups in total. The van der Waals surface area contributed by atoms with Crippen LogP contribution >= 0.6 is 12.4 Å². The first-order chi connectivity index (χ1) is 8.22. The van der Waals surface area contributed by atoms with E-state index in [1.54, 1.807) is 6.07 Å². The van der Waals surface area contributed by atoms with Crippen LogP contribution in [0.25, 0.3) is 0 Å². The maximum absolute atomic E-state index is 11.7. The van der Waals surface area contributed by atoms with E-state index in [1.807, 2.05) is 0 Å². The number of rotatable bonds is 3. The first-order valence-electron chi connectivity index (χ1n) is 5.95. The van der Waals surface area contributed by atoms with Crippen LogP contribution in [0.4, 0.5) is 0 Å². The third-order valence-corrected chi connectivity index (χ3v) is 3.01. The topological polar surface area (TPSA) is 88.0 Å². The van der Waals surface area contributed by atoms with E-state index in [4.69, 9.17) is 5.73 Å². The van der Waals surface area contributed by atoms with Gasteiger partial charge in [0.15, 0.2) is 0 Å². The van der Waals surface area contributed by atoms with Crippen molar-refractivity contribution in [2.75, 3.05) is 13.1 Å². The van der Waals surface area contributed by atoms with E-state index in [0.717, 1.165) is 36.9 Å². The number of aromatic nitrogens is 1. The number of hydrogen-bond donors (Lipinski definition) is 3. The van der Waals surface area contributed by atoms with Crippen LogP contribution in [0.15, 0.2) is 10.9 Å². The van der Waals surface area contributed by atoms with Gasteiger partial charge in [0.05, 0.1) is 0 Å². The molecule has 1 aliphatic rings. The summed E-state index contributed by atoms with van der Waals surface area (Å²) in [5, 5.41) is 2.61. The summed E-state index contributed by atoms with van der Waals surface area (Å²) < 4.78 is 0. The lowest BCUT2D eigenvalue weighted by Gasteiger charge is -2.15. The molecule has 0 fully saturated rings. The number of carbonyl (C=O) groups is 1. The van der Waals surface area contributed by atoms with Gasteiger partial charge in [0.2, 0.25) is 0 Å². The number of nitrogens with one attached hydrogen (secondary N) is 2. The fourth-order valence-corrected chi connectivity index (χ4v) is 2.12. The molecule has 0 atom stereocenters. The van der Waals surface area contributed by atoms with Crippen molar-refractivity contribution in [2.24, 2.45) is 5.73 Å². The number of halogens is 1. The maximum Gasteiger partial charge on any atom is 0.261 e. The van der Waals surface area contributed by atoms with Crippen molar-refractivity contribution >= 4 is 18.3 Å². The minimum atomic E-state index is -0.343. The van der Waals surface area contributed by atoms with Gasteiger partial charge in [0, 0.05) is 18.8 Å². The van der Waals surface area contributed by atoms with Crippen LogP contribution in [0, 0.1) is 0 Å². The molecule has 0 saturated carbocycles. The Labute approximate surface area is 112 Å². The predicted molar refractivity (Wildman–Crippen MR) is 72.3 cm³/mol. The van der Waals surface area contributed by atoms with Crippen LogP contribution in [0.3, 0.4) is 0 Å². The van der Waals surface area contributed by atoms with Gasteiger partial charge < -0.3 is 16.0 Å². The van der Waals surface area contributed by atoms with E-state index in [2.05, 4.69) is 10.3 Å². The Balaban J connectivity index is 0.00000162. The fraction of sp³-hybridized carbons (Fsp3) is 0.500. The Bertz CT molecular complexity index is 485. The van der Waals surface area contributed by atoms with Gasteiger partial charge in [-0.1, -0.05) is 0 Å². The lowest BCUT2D eigenvalue weighted by molar-refractivity contribution is 0.0953. The number of fused-ring (bicyclic) bond motifs is 1. The number of H-pyrrole nitrogens is 1. The molecule has 0 spiro atoms. The average Bonchev–Trinajstić information content (AvgIpc) is 2.35. The number of carbonyl (C=O) groups excluding carboxylic acids is 1. The van der Waals surface area contributed by atoms with E-state index in [0.29, 0.717) is 13.1 Å². The Morgan fingerprint density at radius 2 is 2.11 bits per heavy atom. The Hall–Kier alpha value is -1.33. The van der Waals surface area contributed by atoms with Crippen LogP contribution in [-0.4, -0.2) is 24.0 Å². The molecule has 1 amide bonds. The number of aromatic amines is 1. The van der Waals surface area contributed by atoms with E-state index < -0.39 is 0 Å². The minimum Gasteiger partial charge on any atom is -0.351 e. The molecule has 0 aliphatic heterocycles. The van der Waals surface area contributed by atoms with Crippen molar-refractivity contribution in [3.63, 3.8) is 0 Å². The highest BCUT2D eigenvalue weighted by atomic mass is 35.5. The maximum atomic E-state index is 11.7. The van der Waals surface area contributed by atoms with Gasteiger partial charge in [-0.2, -0.15) is 0 Å². The highest BCUT2D eigenvalue weighted by Crippen LogP contribution is 2.18. The first kappa shape index (κ1) is 14.7. The molecule has 18 heavy (non-hydrogen) atoms. The van der Waals surface area contributed by atoms with Crippen molar-refractivity contribution in [1.29, 1.82) is 0 Å². The van der Waals surface area contributed by atoms with Gasteiger partial charge in [-0.15, -0.1) is 12.4 Å². The highest BCUT2D eigenvalue weighted by molar-refractivity contribution is 5.94. The summed E-state index contributed by atoms with van der Waals surface area (Å²) in [5.41, 5.74) is 7.27. The van der Waals surface area contributed by atoms with E-state index in [1.165, 1.54) is 0 Å². The molecular formula is C12H18ClN3O2. The molecule has 0 unspecified atom stereocenters. The summed E-state index contributed by atoms with van der Waals surface area (Å²) in [4.78, 5) is 26.3. The van der Waals surface area contributed by atoms with Crippen LogP contribution in [0.5, 0.6) is 0 Å². The van der Waals surface area contributed by atoms with Crippen molar-refractivity contribution < 1.29 is 4.79 Å². The fourth-order valence-electron chi connectivity index (χ4n) is 2.12. The first-order valence-corrected chi connectivity index (χ1v) is 5.95. The zero-order valence-electron chi connectivity index (χ0n) is 10.1. The summed E-state index contributed by atoms with van der Waals surface area (Å²) in [5.74, 6) is -0.343. The zero-order chi connectivity index (χ0) is 12.3. The summed E-state index contributed by atoms with van der Waals surface area (Å²) in [6, 6.07) is 1.72. The Kier molecular flexibility index (Phi) is 5.37. The van der Waals surface area contributed by atoms with Crippen LogP contribution in [-0.2, 0) is 12.8 Å². The number of amides is 1. The molecule has 1 aliphatic carbocycles. The second kappa shape index (κ2) is 6.56. The quantitative estimate of drug-likeness (QED) is 0.742. The second-order valence-electron chi connectivity index (χ2n) is 4.27. The number of pyridine rings is 1. The van der Waals surface area contributed by atoms with Gasteiger partial charge in [0.25, 0.3) is 11.5 Å². The predicted octanol–water partition coefficient (Wildman–Crippen LogP) is 0.364. The lowest BCUT2D eigenvalue weighted by atomic mass is 9.95. The molecule has 1 aromatic heterocycles. The number of hydrogen-bond acceptors (Lipinski definition) is 3. The van der Waals surface area contributed by atoms with Crippen molar-refractivity contribution in [3.8, 4) is 0 Å². The molecule has 5 nitrogen and oxygen atoms in total. The highest BCUT2D eigenvalue weighted by Gasteiger charge is 2.16. The molecule has 0 saturated heterocycles. The summed E-state index contributed by atoms with van der Waals surface area (Å²) >= 11 is 0. The Morgan fingerprint density at radius 1 is 1.39 bits per heavy atom. The number of aryl methyl sites for hydroxylation is 2. The van der Waals surface area contributed by atoms with Gasteiger partial charge >= 0.3 is 0 Å². The molecule has 100 valence electrons. The summed E-state index contributed by atoms with van der Waals surface area (Å²) in [7, 11) is 0. The van der Waals surface area contributed by atoms with Gasteiger partial charge in [-0.3, -0.25) is 9.59 Å². The Morgan fingerprint density at radius 3 is 2.83 bits per heavy atom. The molecule has 0 aromatic carbocycles. The van der Waals surface area contributed by atoms with E-state index >= 15 is 0 Å². The molecule has 2 rings (SSSR count). The van der Waals surface area contributed by atoms with Crippen LogP contribution < -0.4 is 16.6 Å². The zero-order valence-corrected chi connectivity index (χ0v) is 10.9. The molecular weight excluding hydrogens is 254 g/mol. The van der Waals surface area contributed by atoms with Gasteiger partial charge in [-0.25, -0.2) is 0 Å². The normalized spacial score (nSPS) is 13.4. The van der Waals surface area contributed by atoms with E-state index in [-0.39, 0.29) is 29.4 Å². The molecule has 0 radical (unpaired) electrons. The summed E-state index contributed by atoms with van der Waals surface area (Å²) in [6.07, 6.45) is 4.04. The van der Waals surface area contributed by atoms with Crippen molar-refractivity contribution in [3.05, 3.63) is 33.2 Å². The largest absolute Gasteiger partial charge is 0.351 e. The third kappa shape index (κ3) is 3.11. The molecule has 1 aromatic rings. The molecule has 6 heteroatoms. The van der Waals surface area contributed by atoms with Crippen molar-refractivity contribution in [2.45, 2.75) is 25.7 Å². The molecule has 1 heterocycles. The SMILES string of the molecule is Cl.NCCNC(=O)c1cc2c([nH]c1=O)CCCC2. The van der Waals surface area contributed by atoms with Crippen LogP contribution in [0.2, 0.25) is 0 Å². The smallest absolute Gasteiger partial charge is 0.261 e. The van der Waals surface area contributed by atoms with Gasteiger partial charge in [0.1, 0.15) is 5.56 Å². The van der Waals surface area contributed by atoms with Crippen LogP contribution in [0.1, 0.15) is 34.5 Å². The summed E-state index contributed by atoms with van der Waals surface area (Å²) in [6.45, 7) is 0.754. The third-order valence-electron chi connectivity index (χ3n) is 3.01. The average molecular weight is 272 g/mol. The lowest BCUT2D eigenvalue weighted by Crippen LogP contribution is -2.34. The minimum absolute atomic E-state index is 0. The monoisotopic (exact) mass is 271 g/mol. The van der Waals surface area contributed by atoms with Gasteiger partial charge in [-0.05, 0) is 37.3 Å². The van der Waals surface area contributed by atoms with E-state index in [9.17, 15) is 9.59 Å². The van der Waals surface area contributed by atoms with Crippen molar-refractivity contribution in [1.82, 2.24) is 10.3 Å². The second-order valence-corrected chi connectivity index (χ2v) is 4.27. The standard InChI is InChI=1S/C12H17N3O2.ClH/c13-5-6-14-11(16)9-7-8-3-1-2-4-10(8)15-12(9)17;/h7H,1-6,13H2,(H,14,16)(H,15,17);1H. The number of nitrogens with two attached hydrogens (primary N) is 1.